The molecule has 0 aliphatic carbocycles. The lowest BCUT2D eigenvalue weighted by atomic mass is 10.3. The number of pyridine rings is 1. The van der Waals surface area contributed by atoms with Crippen LogP contribution in [0.5, 0.6) is 0 Å². The Labute approximate surface area is 160 Å². The van der Waals surface area contributed by atoms with E-state index >= 15 is 0 Å². The summed E-state index contributed by atoms with van der Waals surface area (Å²) in [5, 5.41) is 1.29. The molecule has 0 aliphatic rings. The number of anilines is 1. The van der Waals surface area contributed by atoms with E-state index in [4.69, 9.17) is 11.6 Å². The standard InChI is InChI=1S/C14H12ClF5N4O3S/c1-6(14(18,19)20)23-28(26,27)8-5-24(2)11(9(8)15)13(25)22-7-3-4-21-12(17)10(7)16/h3-6,23H,1-2H3,(H,21,22,25). The zero-order valence-electron chi connectivity index (χ0n) is 14.1. The van der Waals surface area contributed by atoms with Crippen molar-refractivity contribution in [2.24, 2.45) is 7.05 Å². The summed E-state index contributed by atoms with van der Waals surface area (Å²) in [7, 11) is -3.55. The van der Waals surface area contributed by atoms with Crippen molar-refractivity contribution in [1.82, 2.24) is 14.3 Å². The fourth-order valence-corrected chi connectivity index (χ4v) is 4.00. The summed E-state index contributed by atoms with van der Waals surface area (Å²) in [6, 6.07) is -1.47. The van der Waals surface area contributed by atoms with Crippen LogP contribution in [0.25, 0.3) is 0 Å². The van der Waals surface area contributed by atoms with Crippen LogP contribution in [0, 0.1) is 11.8 Å². The van der Waals surface area contributed by atoms with Crippen molar-refractivity contribution < 1.29 is 35.2 Å². The van der Waals surface area contributed by atoms with Crippen LogP contribution in [0.15, 0.2) is 23.4 Å². The van der Waals surface area contributed by atoms with E-state index in [1.807, 2.05) is 5.32 Å². The van der Waals surface area contributed by atoms with Crippen LogP contribution in [0.3, 0.4) is 0 Å². The second-order valence-corrected chi connectivity index (χ2v) is 7.63. The van der Waals surface area contributed by atoms with E-state index in [1.165, 1.54) is 11.8 Å². The number of carbonyl (C=O) groups excluding carboxylic acids is 1. The molecule has 0 saturated heterocycles. The minimum atomic E-state index is -4.85. The highest BCUT2D eigenvalue weighted by molar-refractivity contribution is 7.89. The number of aromatic nitrogens is 2. The van der Waals surface area contributed by atoms with Crippen molar-refractivity contribution in [3.8, 4) is 0 Å². The van der Waals surface area contributed by atoms with Crippen LogP contribution in [-0.4, -0.2) is 36.1 Å². The van der Waals surface area contributed by atoms with Gasteiger partial charge in [0.05, 0.1) is 10.7 Å². The predicted molar refractivity (Wildman–Crippen MR) is 88.4 cm³/mol. The van der Waals surface area contributed by atoms with Crippen molar-refractivity contribution in [2.45, 2.75) is 24.0 Å². The molecule has 0 saturated carbocycles. The Hall–Kier alpha value is -2.25. The number of nitrogens with one attached hydrogen (secondary N) is 2. The molecule has 2 rings (SSSR count). The molecule has 2 N–H and O–H groups in total. The van der Waals surface area contributed by atoms with Gasteiger partial charge in [-0.25, -0.2) is 13.4 Å². The molecule has 7 nitrogen and oxygen atoms in total. The normalized spacial score (nSPS) is 13.4. The number of nitrogens with zero attached hydrogens (tertiary/aromatic N) is 2. The Morgan fingerprint density at radius 1 is 1.32 bits per heavy atom. The molecule has 2 heterocycles. The van der Waals surface area contributed by atoms with Gasteiger partial charge in [0.15, 0.2) is 0 Å². The molecular weight excluding hydrogens is 435 g/mol. The number of rotatable bonds is 5. The maximum absolute atomic E-state index is 13.6. The van der Waals surface area contributed by atoms with E-state index in [2.05, 4.69) is 4.98 Å². The molecule has 2 aromatic rings. The fraction of sp³-hybridized carbons (Fsp3) is 0.286. The van der Waals surface area contributed by atoms with Crippen molar-refractivity contribution in [3.63, 3.8) is 0 Å². The third kappa shape index (κ3) is 4.42. The average Bonchev–Trinajstić information content (AvgIpc) is 2.86. The lowest BCUT2D eigenvalue weighted by Crippen LogP contribution is -2.42. The fourth-order valence-electron chi connectivity index (χ4n) is 2.08. The maximum atomic E-state index is 13.6. The van der Waals surface area contributed by atoms with Crippen LogP contribution >= 0.6 is 11.6 Å². The minimum Gasteiger partial charge on any atom is -0.344 e. The molecule has 154 valence electrons. The van der Waals surface area contributed by atoms with Gasteiger partial charge in [0.2, 0.25) is 15.8 Å². The van der Waals surface area contributed by atoms with Gasteiger partial charge in [0.25, 0.3) is 11.9 Å². The number of halogens is 6. The molecule has 0 radical (unpaired) electrons. The first kappa shape index (κ1) is 22.0. The number of sulfonamides is 1. The van der Waals surface area contributed by atoms with E-state index in [0.29, 0.717) is 6.92 Å². The highest BCUT2D eigenvalue weighted by atomic mass is 35.5. The van der Waals surface area contributed by atoms with Gasteiger partial charge in [-0.15, -0.1) is 0 Å². The quantitative estimate of drug-likeness (QED) is 0.545. The molecule has 28 heavy (non-hydrogen) atoms. The average molecular weight is 447 g/mol. The molecule has 0 aromatic carbocycles. The second kappa shape index (κ2) is 7.64. The Morgan fingerprint density at radius 2 is 1.93 bits per heavy atom. The lowest BCUT2D eigenvalue weighted by molar-refractivity contribution is -0.147. The molecule has 0 aliphatic heterocycles. The highest BCUT2D eigenvalue weighted by Crippen LogP contribution is 2.29. The minimum absolute atomic E-state index is 0.502. The highest BCUT2D eigenvalue weighted by Gasteiger charge is 2.40. The van der Waals surface area contributed by atoms with Crippen LogP contribution in [0.4, 0.5) is 27.6 Å². The summed E-state index contributed by atoms with van der Waals surface area (Å²) in [5.74, 6) is -4.07. The number of alkyl halides is 3. The van der Waals surface area contributed by atoms with Crippen LogP contribution < -0.4 is 10.0 Å². The Bertz CT molecular complexity index is 1020. The molecule has 14 heteroatoms. The summed E-state index contributed by atoms with van der Waals surface area (Å²) in [5.41, 5.74) is -1.10. The second-order valence-electron chi connectivity index (χ2n) is 5.57. The Morgan fingerprint density at radius 3 is 2.50 bits per heavy atom. The van der Waals surface area contributed by atoms with Gasteiger partial charge in [-0.1, -0.05) is 11.6 Å². The number of hydrogen-bond donors (Lipinski definition) is 2. The van der Waals surface area contributed by atoms with E-state index in [0.717, 1.165) is 23.0 Å². The number of hydrogen-bond acceptors (Lipinski definition) is 4. The summed E-state index contributed by atoms with van der Waals surface area (Å²) in [6.45, 7) is 0.586. The van der Waals surface area contributed by atoms with Gasteiger partial charge in [-0.05, 0) is 13.0 Å². The number of amides is 1. The van der Waals surface area contributed by atoms with Crippen LogP contribution in [-0.2, 0) is 17.1 Å². The topological polar surface area (TPSA) is 93.1 Å². The molecule has 2 aromatic heterocycles. The summed E-state index contributed by atoms with van der Waals surface area (Å²) < 4.78 is 91.3. The monoisotopic (exact) mass is 446 g/mol. The van der Waals surface area contributed by atoms with E-state index in [9.17, 15) is 35.2 Å². The number of aryl methyl sites for hydroxylation is 1. The van der Waals surface area contributed by atoms with Crippen molar-refractivity contribution in [1.29, 1.82) is 0 Å². The number of carbonyl (C=O) groups is 1. The molecule has 0 spiro atoms. The first-order valence-electron chi connectivity index (χ1n) is 7.31. The largest absolute Gasteiger partial charge is 0.404 e. The maximum Gasteiger partial charge on any atom is 0.404 e. The SMILES string of the molecule is CC(NS(=O)(=O)c1cn(C)c(C(=O)Nc2ccnc(F)c2F)c1Cl)C(F)(F)F. The van der Waals surface area contributed by atoms with Gasteiger partial charge in [0, 0.05) is 19.4 Å². The predicted octanol–water partition coefficient (Wildman–Crippen LogP) is 2.83. The van der Waals surface area contributed by atoms with Gasteiger partial charge >= 0.3 is 6.18 Å². The van der Waals surface area contributed by atoms with E-state index in [-0.39, 0.29) is 0 Å². The van der Waals surface area contributed by atoms with Crippen molar-refractivity contribution >= 4 is 33.2 Å². The Kier molecular flexibility index (Phi) is 6.01. The summed E-state index contributed by atoms with van der Waals surface area (Å²) in [4.78, 5) is 14.6. The first-order chi connectivity index (χ1) is 12.8. The van der Waals surface area contributed by atoms with E-state index in [1.54, 1.807) is 0 Å². The van der Waals surface area contributed by atoms with Crippen LogP contribution in [0.1, 0.15) is 17.4 Å². The van der Waals surface area contributed by atoms with Gasteiger partial charge in [-0.3, -0.25) is 4.79 Å². The molecule has 0 bridgehead atoms. The zero-order chi connectivity index (χ0) is 21.4. The van der Waals surface area contributed by atoms with Crippen molar-refractivity contribution in [3.05, 3.63) is 40.9 Å². The van der Waals surface area contributed by atoms with Crippen LogP contribution in [0.2, 0.25) is 5.02 Å². The van der Waals surface area contributed by atoms with Gasteiger partial charge in [0.1, 0.15) is 16.6 Å². The molecule has 1 amide bonds. The molecule has 1 unspecified atom stereocenters. The van der Waals surface area contributed by atoms with Crippen molar-refractivity contribution in [2.75, 3.05) is 5.32 Å². The molecule has 0 fully saturated rings. The molecule has 1 atom stereocenters. The Balaban J connectivity index is 2.38. The van der Waals surface area contributed by atoms with E-state index < -0.39 is 61.2 Å². The molecular formula is C14H12ClF5N4O3S. The lowest BCUT2D eigenvalue weighted by Gasteiger charge is -2.16. The van der Waals surface area contributed by atoms with Gasteiger partial charge in [-0.2, -0.15) is 26.7 Å². The third-order valence-electron chi connectivity index (χ3n) is 3.51. The summed E-state index contributed by atoms with van der Waals surface area (Å²) in [6.07, 6.45) is -3.16. The smallest absolute Gasteiger partial charge is 0.344 e. The first-order valence-corrected chi connectivity index (χ1v) is 9.17. The zero-order valence-corrected chi connectivity index (χ0v) is 15.7. The summed E-state index contributed by atoms with van der Waals surface area (Å²) >= 11 is 5.88. The third-order valence-corrected chi connectivity index (χ3v) is 5.56. The van der Waals surface area contributed by atoms with Gasteiger partial charge < -0.3 is 9.88 Å².